The molecule has 1 aromatic heterocycles. The highest BCUT2D eigenvalue weighted by Crippen LogP contribution is 2.31. The highest BCUT2D eigenvalue weighted by atomic mass is 35.5. The first-order chi connectivity index (χ1) is 10.6. The van der Waals surface area contributed by atoms with E-state index in [1.165, 1.54) is 11.3 Å². The van der Waals surface area contributed by atoms with E-state index in [4.69, 9.17) is 11.6 Å². The zero-order valence-corrected chi connectivity index (χ0v) is 13.9. The van der Waals surface area contributed by atoms with Gasteiger partial charge in [-0.2, -0.15) is 0 Å². The molecule has 1 heterocycles. The molecule has 3 nitrogen and oxygen atoms in total. The van der Waals surface area contributed by atoms with Crippen LogP contribution in [0.3, 0.4) is 0 Å². The van der Waals surface area contributed by atoms with Gasteiger partial charge >= 0.3 is 0 Å². The molecule has 0 radical (unpaired) electrons. The lowest BCUT2D eigenvalue weighted by atomic mass is 10.1. The number of carbonyl (C=O) groups excluding carboxylic acids is 1. The van der Waals surface area contributed by atoms with Gasteiger partial charge in [0.15, 0.2) is 5.13 Å². The number of carbonyl (C=O) groups is 1. The summed E-state index contributed by atoms with van der Waals surface area (Å²) in [5, 5.41) is 1.35. The number of anilines is 1. The average Bonchev–Trinajstić information content (AvgIpc) is 2.91. The Morgan fingerprint density at radius 2 is 1.95 bits per heavy atom. The van der Waals surface area contributed by atoms with Crippen molar-refractivity contribution in [2.24, 2.45) is 0 Å². The fourth-order valence-electron chi connectivity index (χ4n) is 2.22. The molecule has 22 heavy (non-hydrogen) atoms. The van der Waals surface area contributed by atoms with Crippen molar-refractivity contribution in [2.45, 2.75) is 13.8 Å². The van der Waals surface area contributed by atoms with Crippen LogP contribution in [0, 0.1) is 6.92 Å². The smallest absolute Gasteiger partial charge is 0.260 e. The molecule has 0 saturated heterocycles. The molecule has 0 aliphatic heterocycles. The number of fused-ring (bicyclic) bond motifs is 1. The topological polar surface area (TPSA) is 33.2 Å². The summed E-state index contributed by atoms with van der Waals surface area (Å²) in [5.41, 5.74) is 2.63. The Hall–Kier alpha value is -1.91. The van der Waals surface area contributed by atoms with Gasteiger partial charge in [-0.05, 0) is 44.2 Å². The van der Waals surface area contributed by atoms with Crippen molar-refractivity contribution >= 4 is 44.2 Å². The van der Waals surface area contributed by atoms with Crippen molar-refractivity contribution < 1.29 is 4.79 Å². The molecule has 2 aromatic carbocycles. The zero-order valence-electron chi connectivity index (χ0n) is 12.3. The summed E-state index contributed by atoms with van der Waals surface area (Å²) < 4.78 is 1.02. The number of nitrogens with zero attached hydrogens (tertiary/aromatic N) is 2. The first-order valence-electron chi connectivity index (χ1n) is 7.03. The Kier molecular flexibility index (Phi) is 4.14. The summed E-state index contributed by atoms with van der Waals surface area (Å²) in [5.74, 6) is -0.0346. The number of halogens is 1. The number of hydrogen-bond donors (Lipinski definition) is 0. The second kappa shape index (κ2) is 6.07. The minimum atomic E-state index is -0.0346. The molecule has 112 valence electrons. The SMILES string of the molecule is CCN(C(=O)c1ccc(C)cc1)c1nc2cc(Cl)ccc2s1. The van der Waals surface area contributed by atoms with Crippen molar-refractivity contribution in [3.63, 3.8) is 0 Å². The molecule has 0 aliphatic rings. The summed E-state index contributed by atoms with van der Waals surface area (Å²) in [6.07, 6.45) is 0. The van der Waals surface area contributed by atoms with Gasteiger partial charge in [0.2, 0.25) is 0 Å². The molecule has 3 rings (SSSR count). The normalized spacial score (nSPS) is 10.9. The Morgan fingerprint density at radius 3 is 2.64 bits per heavy atom. The average molecular weight is 331 g/mol. The molecule has 0 spiro atoms. The lowest BCUT2D eigenvalue weighted by Gasteiger charge is -2.17. The van der Waals surface area contributed by atoms with Crippen LogP contribution in [0.4, 0.5) is 5.13 Å². The van der Waals surface area contributed by atoms with Crippen LogP contribution in [-0.2, 0) is 0 Å². The van der Waals surface area contributed by atoms with E-state index in [0.717, 1.165) is 15.8 Å². The van der Waals surface area contributed by atoms with Crippen LogP contribution in [0.15, 0.2) is 42.5 Å². The molecule has 3 aromatic rings. The Bertz CT molecular complexity index is 826. The molecule has 0 bridgehead atoms. The summed E-state index contributed by atoms with van der Waals surface area (Å²) >= 11 is 7.50. The van der Waals surface area contributed by atoms with Crippen LogP contribution in [0.25, 0.3) is 10.2 Å². The molecule has 1 amide bonds. The van der Waals surface area contributed by atoms with Crippen molar-refractivity contribution in [3.05, 3.63) is 58.6 Å². The monoisotopic (exact) mass is 330 g/mol. The highest BCUT2D eigenvalue weighted by Gasteiger charge is 2.19. The predicted molar refractivity (Wildman–Crippen MR) is 93.2 cm³/mol. The zero-order chi connectivity index (χ0) is 15.7. The number of aromatic nitrogens is 1. The number of aryl methyl sites for hydroxylation is 1. The fraction of sp³-hybridized carbons (Fsp3) is 0.176. The van der Waals surface area contributed by atoms with E-state index in [1.807, 2.05) is 56.3 Å². The molecular formula is C17H15ClN2OS. The number of amides is 1. The maximum atomic E-state index is 12.7. The highest BCUT2D eigenvalue weighted by molar-refractivity contribution is 7.22. The Morgan fingerprint density at radius 1 is 1.23 bits per heavy atom. The van der Waals surface area contributed by atoms with Crippen LogP contribution >= 0.6 is 22.9 Å². The number of thiazole rings is 1. The second-order valence-corrected chi connectivity index (χ2v) is 6.47. The molecular weight excluding hydrogens is 316 g/mol. The largest absolute Gasteiger partial charge is 0.284 e. The van der Waals surface area contributed by atoms with E-state index in [-0.39, 0.29) is 5.91 Å². The molecule has 5 heteroatoms. The van der Waals surface area contributed by atoms with E-state index < -0.39 is 0 Å². The fourth-order valence-corrected chi connectivity index (χ4v) is 3.40. The molecule has 0 N–H and O–H groups in total. The Balaban J connectivity index is 1.98. The third-order valence-corrected chi connectivity index (χ3v) is 4.72. The lowest BCUT2D eigenvalue weighted by Crippen LogP contribution is -2.30. The third kappa shape index (κ3) is 2.85. The van der Waals surface area contributed by atoms with Gasteiger partial charge in [0.1, 0.15) is 0 Å². The Labute approximate surface area is 138 Å². The lowest BCUT2D eigenvalue weighted by molar-refractivity contribution is 0.0988. The maximum Gasteiger partial charge on any atom is 0.260 e. The maximum absolute atomic E-state index is 12.7. The van der Waals surface area contributed by atoms with Crippen molar-refractivity contribution in [1.82, 2.24) is 4.98 Å². The van der Waals surface area contributed by atoms with E-state index in [2.05, 4.69) is 4.98 Å². The van der Waals surface area contributed by atoms with Crippen LogP contribution < -0.4 is 4.90 Å². The molecule has 0 fully saturated rings. The number of benzene rings is 2. The summed E-state index contributed by atoms with van der Waals surface area (Å²) in [6.45, 7) is 4.52. The number of rotatable bonds is 3. The summed E-state index contributed by atoms with van der Waals surface area (Å²) in [6, 6.07) is 13.2. The van der Waals surface area contributed by atoms with Crippen molar-refractivity contribution in [3.8, 4) is 0 Å². The standard InChI is InChI=1S/C17H15ClN2OS/c1-3-20(16(21)12-6-4-11(2)5-7-12)17-19-14-10-13(18)8-9-15(14)22-17/h4-10H,3H2,1-2H3. The second-order valence-electron chi connectivity index (χ2n) is 5.02. The minimum absolute atomic E-state index is 0.0346. The molecule has 0 aliphatic carbocycles. The van der Waals surface area contributed by atoms with E-state index >= 15 is 0 Å². The molecule has 0 atom stereocenters. The van der Waals surface area contributed by atoms with Gasteiger partial charge in [-0.25, -0.2) is 4.98 Å². The predicted octanol–water partition coefficient (Wildman–Crippen LogP) is 4.92. The summed E-state index contributed by atoms with van der Waals surface area (Å²) in [7, 11) is 0. The quantitative estimate of drug-likeness (QED) is 0.682. The number of hydrogen-bond acceptors (Lipinski definition) is 3. The van der Waals surface area contributed by atoms with Gasteiger partial charge in [-0.3, -0.25) is 9.69 Å². The van der Waals surface area contributed by atoms with E-state index in [0.29, 0.717) is 22.3 Å². The van der Waals surface area contributed by atoms with Gasteiger partial charge in [0.05, 0.1) is 10.2 Å². The van der Waals surface area contributed by atoms with E-state index in [9.17, 15) is 4.79 Å². The van der Waals surface area contributed by atoms with Gasteiger partial charge in [-0.15, -0.1) is 0 Å². The van der Waals surface area contributed by atoms with Crippen LogP contribution in [-0.4, -0.2) is 17.4 Å². The van der Waals surface area contributed by atoms with Gasteiger partial charge in [0.25, 0.3) is 5.91 Å². The first kappa shape index (κ1) is 15.0. The van der Waals surface area contributed by atoms with E-state index in [1.54, 1.807) is 4.90 Å². The van der Waals surface area contributed by atoms with Gasteiger partial charge in [0, 0.05) is 17.1 Å². The summed E-state index contributed by atoms with van der Waals surface area (Å²) in [4.78, 5) is 18.9. The van der Waals surface area contributed by atoms with Gasteiger partial charge < -0.3 is 0 Å². The van der Waals surface area contributed by atoms with Crippen LogP contribution in [0.1, 0.15) is 22.8 Å². The molecule has 0 unspecified atom stereocenters. The molecule has 0 saturated carbocycles. The first-order valence-corrected chi connectivity index (χ1v) is 8.22. The van der Waals surface area contributed by atoms with Crippen molar-refractivity contribution in [1.29, 1.82) is 0 Å². The van der Waals surface area contributed by atoms with Crippen molar-refractivity contribution in [2.75, 3.05) is 11.4 Å². The third-order valence-electron chi connectivity index (χ3n) is 3.43. The van der Waals surface area contributed by atoms with Crippen LogP contribution in [0.2, 0.25) is 5.02 Å². The van der Waals surface area contributed by atoms with Gasteiger partial charge in [-0.1, -0.05) is 40.6 Å². The van der Waals surface area contributed by atoms with Crippen LogP contribution in [0.5, 0.6) is 0 Å². The minimum Gasteiger partial charge on any atom is -0.284 e.